The molecule has 0 bridgehead atoms. The van der Waals surface area contributed by atoms with E-state index in [1.54, 1.807) is 6.92 Å². The molecule has 0 saturated carbocycles. The van der Waals surface area contributed by atoms with Gasteiger partial charge >= 0.3 is 6.18 Å². The average molecular weight is 204 g/mol. The Hall–Kier alpha value is -1.26. The second-order valence-electron chi connectivity index (χ2n) is 3.23. The molecule has 0 aliphatic rings. The lowest BCUT2D eigenvalue weighted by Crippen LogP contribution is -2.19. The van der Waals surface area contributed by atoms with Crippen LogP contribution in [-0.2, 0) is 0 Å². The smallest absolute Gasteiger partial charge is 0.384 e. The van der Waals surface area contributed by atoms with E-state index < -0.39 is 12.1 Å². The fraction of sp³-hybridized carbons (Fsp3) is 0.444. The summed E-state index contributed by atoms with van der Waals surface area (Å²) in [5, 5.41) is 0. The van der Waals surface area contributed by atoms with Crippen molar-refractivity contribution >= 4 is 5.82 Å². The first-order valence-corrected chi connectivity index (χ1v) is 4.11. The molecule has 14 heavy (non-hydrogen) atoms. The van der Waals surface area contributed by atoms with Crippen LogP contribution in [0.3, 0.4) is 0 Å². The molecule has 0 aliphatic heterocycles. The van der Waals surface area contributed by atoms with Crippen molar-refractivity contribution in [3.05, 3.63) is 23.4 Å². The van der Waals surface area contributed by atoms with Crippen molar-refractivity contribution < 1.29 is 13.2 Å². The van der Waals surface area contributed by atoms with Gasteiger partial charge in [0.25, 0.3) is 0 Å². The van der Waals surface area contributed by atoms with Gasteiger partial charge in [-0.25, -0.2) is 4.98 Å². The number of nitrogens with zero attached hydrogens (tertiary/aromatic N) is 1. The lowest BCUT2D eigenvalue weighted by molar-refractivity contribution is -0.146. The first-order chi connectivity index (χ1) is 6.32. The van der Waals surface area contributed by atoms with Gasteiger partial charge in [0.2, 0.25) is 0 Å². The maximum atomic E-state index is 12.4. The predicted octanol–water partition coefficient (Wildman–Crippen LogP) is 2.64. The molecule has 0 spiro atoms. The molecule has 2 nitrogen and oxygen atoms in total. The molecular formula is C9H11F3N2. The third-order valence-corrected chi connectivity index (χ3v) is 2.13. The summed E-state index contributed by atoms with van der Waals surface area (Å²) in [5.74, 6) is -1.27. The molecule has 1 heterocycles. The summed E-state index contributed by atoms with van der Waals surface area (Å²) in [5.41, 5.74) is 6.03. The van der Waals surface area contributed by atoms with Gasteiger partial charge in [0.1, 0.15) is 5.82 Å². The van der Waals surface area contributed by atoms with Crippen molar-refractivity contribution in [1.29, 1.82) is 0 Å². The van der Waals surface area contributed by atoms with Gasteiger partial charge in [0.15, 0.2) is 0 Å². The monoisotopic (exact) mass is 204 g/mol. The third-order valence-electron chi connectivity index (χ3n) is 2.13. The summed E-state index contributed by atoms with van der Waals surface area (Å²) in [6.07, 6.45) is -3.05. The van der Waals surface area contributed by atoms with Crippen LogP contribution in [0.15, 0.2) is 12.3 Å². The number of nitrogen functional groups attached to an aromatic ring is 1. The second kappa shape index (κ2) is 3.48. The Morgan fingerprint density at radius 3 is 2.43 bits per heavy atom. The zero-order chi connectivity index (χ0) is 10.9. The van der Waals surface area contributed by atoms with Crippen LogP contribution in [0, 0.1) is 6.92 Å². The van der Waals surface area contributed by atoms with Crippen LogP contribution in [0.5, 0.6) is 0 Å². The average Bonchev–Trinajstić information content (AvgIpc) is 2.01. The molecular weight excluding hydrogens is 193 g/mol. The molecule has 0 fully saturated rings. The van der Waals surface area contributed by atoms with Crippen LogP contribution in [0.25, 0.3) is 0 Å². The van der Waals surface area contributed by atoms with E-state index in [1.165, 1.54) is 12.3 Å². The zero-order valence-corrected chi connectivity index (χ0v) is 7.89. The van der Waals surface area contributed by atoms with Gasteiger partial charge in [-0.15, -0.1) is 0 Å². The molecule has 1 aromatic heterocycles. The van der Waals surface area contributed by atoms with Crippen molar-refractivity contribution in [1.82, 2.24) is 4.98 Å². The van der Waals surface area contributed by atoms with Gasteiger partial charge in [-0.1, -0.05) is 0 Å². The molecule has 1 atom stereocenters. The molecule has 0 aliphatic carbocycles. The van der Waals surface area contributed by atoms with Crippen molar-refractivity contribution in [3.8, 4) is 0 Å². The Morgan fingerprint density at radius 2 is 2.00 bits per heavy atom. The number of nitrogens with two attached hydrogens (primary N) is 1. The summed E-state index contributed by atoms with van der Waals surface area (Å²) in [6, 6.07) is 1.44. The number of aryl methyl sites for hydroxylation is 1. The quantitative estimate of drug-likeness (QED) is 0.763. The first kappa shape index (κ1) is 10.8. The molecule has 0 aromatic carbocycles. The van der Waals surface area contributed by atoms with Crippen LogP contribution in [0.1, 0.15) is 24.0 Å². The van der Waals surface area contributed by atoms with Crippen molar-refractivity contribution in [2.24, 2.45) is 0 Å². The van der Waals surface area contributed by atoms with E-state index in [9.17, 15) is 13.2 Å². The zero-order valence-electron chi connectivity index (χ0n) is 7.89. The SMILES string of the molecule is Cc1cc(N)ncc1C(C)C(F)(F)F. The maximum Gasteiger partial charge on any atom is 0.395 e. The summed E-state index contributed by atoms with van der Waals surface area (Å²) in [7, 11) is 0. The standard InChI is InChI=1S/C9H11F3N2/c1-5-3-8(13)14-4-7(5)6(2)9(10,11)12/h3-4,6H,1-2H3,(H2,13,14). The lowest BCUT2D eigenvalue weighted by atomic mass is 9.98. The minimum absolute atomic E-state index is 0.173. The molecule has 5 heteroatoms. The van der Waals surface area contributed by atoms with Crippen LogP contribution < -0.4 is 5.73 Å². The fourth-order valence-electron chi connectivity index (χ4n) is 1.22. The van der Waals surface area contributed by atoms with E-state index >= 15 is 0 Å². The lowest BCUT2D eigenvalue weighted by Gasteiger charge is -2.17. The molecule has 78 valence electrons. The molecule has 0 saturated heterocycles. The van der Waals surface area contributed by atoms with E-state index in [1.807, 2.05) is 0 Å². The van der Waals surface area contributed by atoms with Crippen molar-refractivity contribution in [2.45, 2.75) is 25.9 Å². The van der Waals surface area contributed by atoms with Crippen molar-refractivity contribution in [2.75, 3.05) is 5.73 Å². The number of hydrogen-bond acceptors (Lipinski definition) is 2. The van der Waals surface area contributed by atoms with Gasteiger partial charge in [0, 0.05) is 6.20 Å². The van der Waals surface area contributed by atoms with Gasteiger partial charge < -0.3 is 5.73 Å². The highest BCUT2D eigenvalue weighted by atomic mass is 19.4. The van der Waals surface area contributed by atoms with Gasteiger partial charge in [-0.3, -0.25) is 0 Å². The minimum atomic E-state index is -4.23. The number of alkyl halides is 3. The summed E-state index contributed by atoms with van der Waals surface area (Å²) < 4.78 is 37.1. The van der Waals surface area contributed by atoms with Crippen LogP contribution in [-0.4, -0.2) is 11.2 Å². The first-order valence-electron chi connectivity index (χ1n) is 4.11. The van der Waals surface area contributed by atoms with Crippen LogP contribution in [0.4, 0.5) is 19.0 Å². The Balaban J connectivity index is 3.08. The molecule has 1 aromatic rings. The summed E-state index contributed by atoms with van der Waals surface area (Å²) in [6.45, 7) is 2.70. The molecule has 2 N–H and O–H groups in total. The van der Waals surface area contributed by atoms with E-state index in [2.05, 4.69) is 4.98 Å². The van der Waals surface area contributed by atoms with Gasteiger partial charge in [0.05, 0.1) is 5.92 Å². The van der Waals surface area contributed by atoms with Gasteiger partial charge in [-0.05, 0) is 31.0 Å². The maximum absolute atomic E-state index is 12.4. The number of anilines is 1. The van der Waals surface area contributed by atoms with Crippen LogP contribution in [0.2, 0.25) is 0 Å². The van der Waals surface area contributed by atoms with Crippen LogP contribution >= 0.6 is 0 Å². The topological polar surface area (TPSA) is 38.9 Å². The van der Waals surface area contributed by atoms with E-state index in [4.69, 9.17) is 5.73 Å². The van der Waals surface area contributed by atoms with E-state index in [0.717, 1.165) is 6.92 Å². The summed E-state index contributed by atoms with van der Waals surface area (Å²) in [4.78, 5) is 3.65. The van der Waals surface area contributed by atoms with E-state index in [0.29, 0.717) is 5.56 Å². The fourth-order valence-corrected chi connectivity index (χ4v) is 1.22. The number of halogens is 3. The van der Waals surface area contributed by atoms with Gasteiger partial charge in [-0.2, -0.15) is 13.2 Å². The highest BCUT2D eigenvalue weighted by Gasteiger charge is 2.37. The molecule has 1 unspecified atom stereocenters. The molecule has 0 radical (unpaired) electrons. The number of pyridine rings is 1. The number of aromatic nitrogens is 1. The third kappa shape index (κ3) is 2.16. The normalized spacial score (nSPS) is 14.1. The Morgan fingerprint density at radius 1 is 1.43 bits per heavy atom. The Kier molecular flexibility index (Phi) is 2.69. The molecule has 1 rings (SSSR count). The highest BCUT2D eigenvalue weighted by Crippen LogP contribution is 2.35. The molecule has 0 amide bonds. The summed E-state index contributed by atoms with van der Waals surface area (Å²) >= 11 is 0. The van der Waals surface area contributed by atoms with E-state index in [-0.39, 0.29) is 11.4 Å². The Bertz CT molecular complexity index is 333. The van der Waals surface area contributed by atoms with Crippen molar-refractivity contribution in [3.63, 3.8) is 0 Å². The number of rotatable bonds is 1. The second-order valence-corrected chi connectivity index (χ2v) is 3.23. The Labute approximate surface area is 79.9 Å². The number of hydrogen-bond donors (Lipinski definition) is 1. The highest BCUT2D eigenvalue weighted by molar-refractivity contribution is 5.38. The predicted molar refractivity (Wildman–Crippen MR) is 47.9 cm³/mol. The minimum Gasteiger partial charge on any atom is -0.384 e. The largest absolute Gasteiger partial charge is 0.395 e.